The van der Waals surface area contributed by atoms with Crippen molar-refractivity contribution >= 4 is 0 Å². The fourth-order valence-corrected chi connectivity index (χ4v) is 1.72. The molecule has 0 spiro atoms. The molecule has 1 rings (SSSR count). The third-order valence-electron chi connectivity index (χ3n) is 2.68. The Kier molecular flexibility index (Phi) is 2.50. The summed E-state index contributed by atoms with van der Waals surface area (Å²) >= 11 is 0. The molecule has 58 valence electrons. The van der Waals surface area contributed by atoms with Crippen LogP contribution in [0.15, 0.2) is 11.6 Å². The van der Waals surface area contributed by atoms with Gasteiger partial charge in [-0.1, -0.05) is 26.3 Å². The molecule has 0 saturated carbocycles. The van der Waals surface area contributed by atoms with Crippen molar-refractivity contribution in [2.45, 2.75) is 26.7 Å². The summed E-state index contributed by atoms with van der Waals surface area (Å²) in [6, 6.07) is 0. The number of hydrogen-bond donors (Lipinski definition) is 1. The van der Waals surface area contributed by atoms with E-state index in [1.807, 2.05) is 0 Å². The van der Waals surface area contributed by atoms with Crippen molar-refractivity contribution in [3.63, 3.8) is 0 Å². The van der Waals surface area contributed by atoms with E-state index in [9.17, 15) is 0 Å². The normalized spacial score (nSPS) is 32.5. The molecule has 1 N–H and O–H groups in total. The maximum atomic E-state index is 8.88. The standard InChI is InChI=1S/C9H16O/c1-3-8-4-5-9(6-10)7(8)2/h5,7-8,10H,3-4,6H2,1-2H3/t7-,8-/m1/s1. The van der Waals surface area contributed by atoms with Gasteiger partial charge in [-0.15, -0.1) is 0 Å². The van der Waals surface area contributed by atoms with Crippen LogP contribution in [0, 0.1) is 11.8 Å². The average molecular weight is 140 g/mol. The topological polar surface area (TPSA) is 20.2 Å². The molecule has 1 aliphatic carbocycles. The maximum Gasteiger partial charge on any atom is 0.0644 e. The van der Waals surface area contributed by atoms with Crippen molar-refractivity contribution in [2.75, 3.05) is 6.61 Å². The first-order valence-electron chi connectivity index (χ1n) is 4.09. The van der Waals surface area contributed by atoms with E-state index < -0.39 is 0 Å². The zero-order valence-electron chi connectivity index (χ0n) is 6.80. The van der Waals surface area contributed by atoms with Crippen molar-refractivity contribution in [2.24, 2.45) is 11.8 Å². The average Bonchev–Trinajstić information content (AvgIpc) is 2.30. The maximum absolute atomic E-state index is 8.88. The highest BCUT2D eigenvalue weighted by molar-refractivity contribution is 5.14. The van der Waals surface area contributed by atoms with E-state index >= 15 is 0 Å². The van der Waals surface area contributed by atoms with Gasteiger partial charge in [0.15, 0.2) is 0 Å². The molecule has 0 aromatic heterocycles. The largest absolute Gasteiger partial charge is 0.392 e. The summed E-state index contributed by atoms with van der Waals surface area (Å²) in [6.07, 6.45) is 4.60. The Morgan fingerprint density at radius 3 is 2.70 bits per heavy atom. The molecule has 0 saturated heterocycles. The van der Waals surface area contributed by atoms with Gasteiger partial charge in [-0.25, -0.2) is 0 Å². The van der Waals surface area contributed by atoms with Crippen LogP contribution in [0.2, 0.25) is 0 Å². The Labute approximate surface area is 62.8 Å². The van der Waals surface area contributed by atoms with Crippen LogP contribution in [0.3, 0.4) is 0 Å². The molecule has 1 heteroatoms. The number of allylic oxidation sites excluding steroid dienone is 1. The molecule has 0 fully saturated rings. The first kappa shape index (κ1) is 7.80. The van der Waals surface area contributed by atoms with E-state index in [2.05, 4.69) is 19.9 Å². The van der Waals surface area contributed by atoms with E-state index in [-0.39, 0.29) is 6.61 Å². The van der Waals surface area contributed by atoms with Crippen LogP contribution >= 0.6 is 0 Å². The molecular weight excluding hydrogens is 124 g/mol. The Hall–Kier alpha value is -0.300. The SMILES string of the molecule is CC[C@@H]1CC=C(CO)[C@@H]1C. The van der Waals surface area contributed by atoms with E-state index in [1.165, 1.54) is 18.4 Å². The molecular formula is C9H16O. The van der Waals surface area contributed by atoms with Crippen LogP contribution in [0.25, 0.3) is 0 Å². The van der Waals surface area contributed by atoms with Crippen LogP contribution in [0.1, 0.15) is 26.7 Å². The van der Waals surface area contributed by atoms with Crippen molar-refractivity contribution < 1.29 is 5.11 Å². The van der Waals surface area contributed by atoms with Crippen molar-refractivity contribution in [1.29, 1.82) is 0 Å². The van der Waals surface area contributed by atoms with Crippen LogP contribution in [-0.4, -0.2) is 11.7 Å². The second kappa shape index (κ2) is 3.20. The molecule has 0 unspecified atom stereocenters. The third-order valence-corrected chi connectivity index (χ3v) is 2.68. The van der Waals surface area contributed by atoms with Gasteiger partial charge in [0.05, 0.1) is 6.61 Å². The Balaban J connectivity index is 2.51. The molecule has 0 radical (unpaired) electrons. The van der Waals surface area contributed by atoms with Gasteiger partial charge >= 0.3 is 0 Å². The zero-order valence-corrected chi connectivity index (χ0v) is 6.80. The fourth-order valence-electron chi connectivity index (χ4n) is 1.72. The molecule has 10 heavy (non-hydrogen) atoms. The summed E-state index contributed by atoms with van der Waals surface area (Å²) in [5, 5.41) is 8.88. The van der Waals surface area contributed by atoms with Crippen molar-refractivity contribution in [3.8, 4) is 0 Å². The van der Waals surface area contributed by atoms with Crippen molar-refractivity contribution in [1.82, 2.24) is 0 Å². The number of rotatable bonds is 2. The lowest BCUT2D eigenvalue weighted by Gasteiger charge is -2.15. The molecule has 0 heterocycles. The second-order valence-electron chi connectivity index (χ2n) is 3.13. The van der Waals surface area contributed by atoms with E-state index in [0.717, 1.165) is 5.92 Å². The minimum Gasteiger partial charge on any atom is -0.392 e. The monoisotopic (exact) mass is 140 g/mol. The highest BCUT2D eigenvalue weighted by atomic mass is 16.3. The van der Waals surface area contributed by atoms with Crippen LogP contribution in [0.5, 0.6) is 0 Å². The van der Waals surface area contributed by atoms with Gasteiger partial charge in [0.25, 0.3) is 0 Å². The van der Waals surface area contributed by atoms with E-state index in [1.54, 1.807) is 0 Å². The van der Waals surface area contributed by atoms with E-state index in [4.69, 9.17) is 5.11 Å². The Morgan fingerprint density at radius 1 is 1.70 bits per heavy atom. The first-order valence-corrected chi connectivity index (χ1v) is 4.09. The van der Waals surface area contributed by atoms with Crippen molar-refractivity contribution in [3.05, 3.63) is 11.6 Å². The first-order chi connectivity index (χ1) is 4.79. The lowest BCUT2D eigenvalue weighted by Crippen LogP contribution is -2.08. The lowest BCUT2D eigenvalue weighted by atomic mass is 9.91. The third kappa shape index (κ3) is 1.24. The number of hydrogen-bond acceptors (Lipinski definition) is 1. The second-order valence-corrected chi connectivity index (χ2v) is 3.13. The molecule has 2 atom stereocenters. The summed E-state index contributed by atoms with van der Waals surface area (Å²) in [7, 11) is 0. The van der Waals surface area contributed by atoms with Crippen LogP contribution in [0.4, 0.5) is 0 Å². The predicted octanol–water partition coefficient (Wildman–Crippen LogP) is 1.97. The van der Waals surface area contributed by atoms with Gasteiger partial charge in [-0.2, -0.15) is 0 Å². The minimum absolute atomic E-state index is 0.262. The fraction of sp³-hybridized carbons (Fsp3) is 0.778. The molecule has 0 aromatic carbocycles. The quantitative estimate of drug-likeness (QED) is 0.581. The molecule has 0 aromatic rings. The number of aliphatic hydroxyl groups is 1. The number of aliphatic hydroxyl groups excluding tert-OH is 1. The predicted molar refractivity (Wildman–Crippen MR) is 42.7 cm³/mol. The van der Waals surface area contributed by atoms with Gasteiger partial charge in [0.2, 0.25) is 0 Å². The van der Waals surface area contributed by atoms with Gasteiger partial charge in [-0.3, -0.25) is 0 Å². The van der Waals surface area contributed by atoms with Gasteiger partial charge in [0, 0.05) is 0 Å². The smallest absolute Gasteiger partial charge is 0.0644 e. The Morgan fingerprint density at radius 2 is 2.40 bits per heavy atom. The minimum atomic E-state index is 0.262. The molecule has 1 nitrogen and oxygen atoms in total. The summed E-state index contributed by atoms with van der Waals surface area (Å²) in [5.74, 6) is 1.41. The molecule has 1 aliphatic rings. The molecule has 0 amide bonds. The van der Waals surface area contributed by atoms with E-state index in [0.29, 0.717) is 5.92 Å². The summed E-state index contributed by atoms with van der Waals surface area (Å²) in [4.78, 5) is 0. The summed E-state index contributed by atoms with van der Waals surface area (Å²) < 4.78 is 0. The molecule has 0 aliphatic heterocycles. The zero-order chi connectivity index (χ0) is 7.56. The van der Waals surface area contributed by atoms with Gasteiger partial charge in [0.1, 0.15) is 0 Å². The van der Waals surface area contributed by atoms with Crippen LogP contribution in [-0.2, 0) is 0 Å². The highest BCUT2D eigenvalue weighted by Gasteiger charge is 2.22. The summed E-state index contributed by atoms with van der Waals surface area (Å²) in [5.41, 5.74) is 1.24. The summed E-state index contributed by atoms with van der Waals surface area (Å²) in [6.45, 7) is 4.69. The highest BCUT2D eigenvalue weighted by Crippen LogP contribution is 2.32. The van der Waals surface area contributed by atoms with Gasteiger partial charge in [-0.05, 0) is 23.8 Å². The lowest BCUT2D eigenvalue weighted by molar-refractivity contribution is 0.304. The molecule has 0 bridgehead atoms. The Bertz CT molecular complexity index is 138. The van der Waals surface area contributed by atoms with Gasteiger partial charge < -0.3 is 5.11 Å². The van der Waals surface area contributed by atoms with Crippen LogP contribution < -0.4 is 0 Å².